The molecule has 0 saturated heterocycles. The van der Waals surface area contributed by atoms with Gasteiger partial charge in [0.05, 0.1) is 0 Å². The van der Waals surface area contributed by atoms with Crippen molar-refractivity contribution in [2.24, 2.45) is 0 Å². The van der Waals surface area contributed by atoms with E-state index in [1.54, 1.807) is 14.1 Å². The minimum atomic E-state index is -0.113. The van der Waals surface area contributed by atoms with Gasteiger partial charge in [0, 0.05) is 25.9 Å². The zero-order chi connectivity index (χ0) is 10.4. The van der Waals surface area contributed by atoms with E-state index in [0.29, 0.717) is 0 Å². The molecule has 0 radical (unpaired) electrons. The Morgan fingerprint density at radius 1 is 1.14 bits per heavy atom. The second-order valence-electron chi connectivity index (χ2n) is 2.79. The van der Waals surface area contributed by atoms with Gasteiger partial charge in [0.1, 0.15) is 0 Å². The van der Waals surface area contributed by atoms with Gasteiger partial charge in [-0.1, -0.05) is 30.3 Å². The highest BCUT2D eigenvalue weighted by molar-refractivity contribution is 5.94. The minimum Gasteiger partial charge on any atom is -0.387 e. The quantitative estimate of drug-likeness (QED) is 0.698. The molecular formula is C11H14N2O. The van der Waals surface area contributed by atoms with Gasteiger partial charge in [0.15, 0.2) is 0 Å². The van der Waals surface area contributed by atoms with Crippen LogP contribution in [0.1, 0.15) is 5.56 Å². The smallest absolute Gasteiger partial charge is 0.245 e. The van der Waals surface area contributed by atoms with E-state index in [4.69, 9.17) is 0 Å². The third-order valence-corrected chi connectivity index (χ3v) is 1.88. The molecule has 0 aliphatic carbocycles. The van der Waals surface area contributed by atoms with Crippen molar-refractivity contribution in [3.63, 3.8) is 0 Å². The number of hydrogen-bond acceptors (Lipinski definition) is 2. The van der Waals surface area contributed by atoms with E-state index in [0.717, 1.165) is 11.3 Å². The van der Waals surface area contributed by atoms with Gasteiger partial charge in [-0.3, -0.25) is 4.79 Å². The van der Waals surface area contributed by atoms with Crippen LogP contribution in [0.3, 0.4) is 0 Å². The number of nitrogens with one attached hydrogen (secondary N) is 2. The van der Waals surface area contributed by atoms with E-state index in [1.165, 1.54) is 6.08 Å². The van der Waals surface area contributed by atoms with Crippen molar-refractivity contribution in [3.05, 3.63) is 42.0 Å². The summed E-state index contributed by atoms with van der Waals surface area (Å²) in [6, 6.07) is 9.71. The topological polar surface area (TPSA) is 41.1 Å². The van der Waals surface area contributed by atoms with Crippen molar-refractivity contribution in [1.29, 1.82) is 0 Å². The van der Waals surface area contributed by atoms with Crippen LogP contribution in [-0.4, -0.2) is 20.0 Å². The minimum absolute atomic E-state index is 0.113. The number of rotatable bonds is 3. The number of hydrogen-bond donors (Lipinski definition) is 2. The summed E-state index contributed by atoms with van der Waals surface area (Å²) in [4.78, 5) is 11.1. The Bertz CT molecular complexity index is 330. The Kier molecular flexibility index (Phi) is 3.73. The molecule has 1 rings (SSSR count). The molecule has 14 heavy (non-hydrogen) atoms. The lowest BCUT2D eigenvalue weighted by molar-refractivity contribution is -0.116. The molecule has 0 saturated carbocycles. The summed E-state index contributed by atoms with van der Waals surface area (Å²) in [7, 11) is 3.40. The molecule has 0 bridgehead atoms. The second-order valence-corrected chi connectivity index (χ2v) is 2.79. The maximum Gasteiger partial charge on any atom is 0.245 e. The summed E-state index contributed by atoms with van der Waals surface area (Å²) in [6.07, 6.45) is 1.54. The molecule has 0 spiro atoms. The molecule has 1 aromatic rings. The second kappa shape index (κ2) is 5.07. The van der Waals surface area contributed by atoms with Crippen LogP contribution in [-0.2, 0) is 4.79 Å². The van der Waals surface area contributed by atoms with Gasteiger partial charge in [-0.25, -0.2) is 0 Å². The molecule has 0 aliphatic rings. The maximum absolute atomic E-state index is 11.1. The van der Waals surface area contributed by atoms with Gasteiger partial charge >= 0.3 is 0 Å². The fraction of sp³-hybridized carbons (Fsp3) is 0.182. The largest absolute Gasteiger partial charge is 0.387 e. The van der Waals surface area contributed by atoms with Crippen LogP contribution in [0.5, 0.6) is 0 Å². The zero-order valence-corrected chi connectivity index (χ0v) is 8.37. The van der Waals surface area contributed by atoms with E-state index in [9.17, 15) is 4.79 Å². The van der Waals surface area contributed by atoms with Gasteiger partial charge in [0.25, 0.3) is 0 Å². The van der Waals surface area contributed by atoms with Gasteiger partial charge < -0.3 is 10.6 Å². The Balaban J connectivity index is 2.93. The monoisotopic (exact) mass is 190 g/mol. The fourth-order valence-corrected chi connectivity index (χ4v) is 1.12. The molecule has 0 heterocycles. The third-order valence-electron chi connectivity index (χ3n) is 1.88. The highest BCUT2D eigenvalue weighted by Gasteiger charge is 2.00. The molecule has 2 N–H and O–H groups in total. The van der Waals surface area contributed by atoms with Crippen molar-refractivity contribution in [2.45, 2.75) is 0 Å². The first-order valence-electron chi connectivity index (χ1n) is 4.44. The predicted molar refractivity (Wildman–Crippen MR) is 57.5 cm³/mol. The summed E-state index contributed by atoms with van der Waals surface area (Å²) >= 11 is 0. The molecule has 0 fully saturated rings. The Labute approximate surface area is 83.8 Å². The molecular weight excluding hydrogens is 176 g/mol. The van der Waals surface area contributed by atoms with Crippen LogP contribution >= 0.6 is 0 Å². The molecule has 1 amide bonds. The Morgan fingerprint density at radius 3 is 2.29 bits per heavy atom. The van der Waals surface area contributed by atoms with Crippen LogP contribution in [0, 0.1) is 0 Å². The summed E-state index contributed by atoms with van der Waals surface area (Å²) in [5.74, 6) is -0.113. The van der Waals surface area contributed by atoms with E-state index < -0.39 is 0 Å². The molecule has 3 nitrogen and oxygen atoms in total. The molecule has 0 atom stereocenters. The number of likely N-dealkylation sites (N-methyl/N-ethyl adjacent to an activating group) is 1. The first kappa shape index (κ1) is 10.3. The summed E-state index contributed by atoms with van der Waals surface area (Å²) in [6.45, 7) is 0. The zero-order valence-electron chi connectivity index (χ0n) is 8.37. The van der Waals surface area contributed by atoms with E-state index >= 15 is 0 Å². The summed E-state index contributed by atoms with van der Waals surface area (Å²) in [5.41, 5.74) is 1.81. The normalized spacial score (nSPS) is 10.9. The molecule has 3 heteroatoms. The van der Waals surface area contributed by atoms with Crippen molar-refractivity contribution >= 4 is 11.6 Å². The Hall–Kier alpha value is -1.77. The number of benzene rings is 1. The van der Waals surface area contributed by atoms with Crippen LogP contribution in [0.25, 0.3) is 5.70 Å². The van der Waals surface area contributed by atoms with Crippen LogP contribution in [0.4, 0.5) is 0 Å². The lowest BCUT2D eigenvalue weighted by Crippen LogP contribution is -2.17. The van der Waals surface area contributed by atoms with Crippen LogP contribution in [0.2, 0.25) is 0 Å². The molecule has 74 valence electrons. The first-order chi connectivity index (χ1) is 6.77. The summed E-state index contributed by atoms with van der Waals surface area (Å²) < 4.78 is 0. The molecule has 0 aromatic heterocycles. The molecule has 0 aliphatic heterocycles. The SMILES string of the molecule is CNC(=O)/C=C(\NC)c1ccccc1. The number of carbonyl (C=O) groups excluding carboxylic acids is 1. The fourth-order valence-electron chi connectivity index (χ4n) is 1.12. The van der Waals surface area contributed by atoms with Crippen molar-refractivity contribution in [3.8, 4) is 0 Å². The van der Waals surface area contributed by atoms with Crippen molar-refractivity contribution in [1.82, 2.24) is 10.6 Å². The lowest BCUT2D eigenvalue weighted by atomic mass is 10.1. The van der Waals surface area contributed by atoms with Gasteiger partial charge in [-0.15, -0.1) is 0 Å². The average Bonchev–Trinajstić information content (AvgIpc) is 2.26. The number of carbonyl (C=O) groups is 1. The predicted octanol–water partition coefficient (Wildman–Crippen LogP) is 0.993. The third kappa shape index (κ3) is 2.62. The molecule has 1 aromatic carbocycles. The van der Waals surface area contributed by atoms with Crippen molar-refractivity contribution in [2.75, 3.05) is 14.1 Å². The van der Waals surface area contributed by atoms with E-state index in [2.05, 4.69) is 10.6 Å². The first-order valence-corrected chi connectivity index (χ1v) is 4.44. The maximum atomic E-state index is 11.1. The highest BCUT2D eigenvalue weighted by Crippen LogP contribution is 2.09. The number of amides is 1. The lowest BCUT2D eigenvalue weighted by Gasteiger charge is -2.06. The van der Waals surface area contributed by atoms with E-state index in [-0.39, 0.29) is 5.91 Å². The van der Waals surface area contributed by atoms with Crippen molar-refractivity contribution < 1.29 is 4.79 Å². The van der Waals surface area contributed by atoms with Crippen LogP contribution in [0.15, 0.2) is 36.4 Å². The van der Waals surface area contributed by atoms with Gasteiger partial charge in [-0.2, -0.15) is 0 Å². The standard InChI is InChI=1S/C11H14N2O/c1-12-10(8-11(14)13-2)9-6-4-3-5-7-9/h3-8,12H,1-2H3,(H,13,14)/b10-8-. The average molecular weight is 190 g/mol. The van der Waals surface area contributed by atoms with Gasteiger partial charge in [0.2, 0.25) is 5.91 Å². The summed E-state index contributed by atoms with van der Waals surface area (Å²) in [5, 5.41) is 5.53. The highest BCUT2D eigenvalue weighted by atomic mass is 16.1. The van der Waals surface area contributed by atoms with Crippen LogP contribution < -0.4 is 10.6 Å². The van der Waals surface area contributed by atoms with Gasteiger partial charge in [-0.05, 0) is 5.56 Å². The Morgan fingerprint density at radius 2 is 1.79 bits per heavy atom. The van der Waals surface area contributed by atoms with E-state index in [1.807, 2.05) is 30.3 Å². The molecule has 0 unspecified atom stereocenters.